The minimum absolute atomic E-state index is 0.0462. The van der Waals surface area contributed by atoms with Crippen molar-refractivity contribution in [3.05, 3.63) is 154 Å². The maximum Gasteiger partial charge on any atom is 0.354 e. The molecule has 0 bridgehead atoms. The summed E-state index contributed by atoms with van der Waals surface area (Å²) in [5.74, 6) is -2.09. The Morgan fingerprint density at radius 1 is 0.528 bits per heavy atom. The van der Waals surface area contributed by atoms with Crippen molar-refractivity contribution in [1.29, 1.82) is 0 Å². The highest BCUT2D eigenvalue weighted by Crippen LogP contribution is 2.35. The van der Waals surface area contributed by atoms with Crippen LogP contribution in [0, 0.1) is 13.8 Å². The number of rotatable bonds is 12. The molecule has 2 N–H and O–H groups in total. The van der Waals surface area contributed by atoms with Crippen LogP contribution in [-0.4, -0.2) is 41.3 Å². The van der Waals surface area contributed by atoms with Crippen LogP contribution in [0.2, 0.25) is 0 Å². The van der Waals surface area contributed by atoms with E-state index in [0.717, 1.165) is 74.3 Å². The molecular formula is C45H40N4O4. The Labute approximate surface area is 307 Å². The average Bonchev–Trinajstić information content (AvgIpc) is 3.65. The number of carboxylic acid groups (broad SMARTS) is 2. The lowest BCUT2D eigenvalue weighted by atomic mass is 10.0. The van der Waals surface area contributed by atoms with Gasteiger partial charge in [0.1, 0.15) is 11.4 Å². The lowest BCUT2D eigenvalue weighted by Gasteiger charge is -2.14. The highest BCUT2D eigenvalue weighted by molar-refractivity contribution is 6.11. The van der Waals surface area contributed by atoms with Crippen molar-refractivity contribution in [2.75, 3.05) is 0 Å². The third kappa shape index (κ3) is 6.31. The number of para-hydroxylation sites is 2. The molecule has 264 valence electrons. The van der Waals surface area contributed by atoms with Gasteiger partial charge in [0.2, 0.25) is 0 Å². The van der Waals surface area contributed by atoms with Gasteiger partial charge in [-0.15, -0.1) is 0 Å². The molecule has 0 aliphatic rings. The van der Waals surface area contributed by atoms with Crippen molar-refractivity contribution in [2.24, 2.45) is 0 Å². The van der Waals surface area contributed by atoms with Crippen LogP contribution in [0.25, 0.3) is 43.6 Å². The normalized spacial score (nSPS) is 11.7. The third-order valence-electron chi connectivity index (χ3n) is 10.6. The highest BCUT2D eigenvalue weighted by Gasteiger charge is 2.21. The number of hydrogen-bond acceptors (Lipinski definition) is 4. The Morgan fingerprint density at radius 2 is 0.925 bits per heavy atom. The van der Waals surface area contributed by atoms with E-state index in [1.807, 2.05) is 36.4 Å². The Bertz CT molecular complexity index is 2520. The topological polar surface area (TPSA) is 110 Å². The summed E-state index contributed by atoms with van der Waals surface area (Å²) < 4.78 is 4.57. The summed E-state index contributed by atoms with van der Waals surface area (Å²) in [6.45, 7) is 5.52. The molecule has 0 radical (unpaired) electrons. The van der Waals surface area contributed by atoms with E-state index in [2.05, 4.69) is 83.6 Å². The summed E-state index contributed by atoms with van der Waals surface area (Å²) in [6, 6.07) is 36.4. The van der Waals surface area contributed by atoms with Crippen LogP contribution in [0.4, 0.5) is 0 Å². The summed E-state index contributed by atoms with van der Waals surface area (Å²) >= 11 is 0. The molecule has 0 aliphatic heterocycles. The Morgan fingerprint density at radius 3 is 1.34 bits per heavy atom. The number of fused-ring (bicyclic) bond motifs is 6. The van der Waals surface area contributed by atoms with Crippen molar-refractivity contribution in [3.8, 4) is 0 Å². The number of hydrogen-bond donors (Lipinski definition) is 2. The Kier molecular flexibility index (Phi) is 8.96. The first kappa shape index (κ1) is 33.8. The number of unbranched alkanes of at least 4 members (excludes halogenated alkanes) is 2. The molecule has 0 atom stereocenters. The number of carbonyl (C=O) groups is 2. The lowest BCUT2D eigenvalue weighted by Crippen LogP contribution is -2.08. The molecule has 0 spiro atoms. The SMILES string of the molecule is Cc1ccccc1Cn1c2ccccc2c2cc(C(=O)O)nc(CCCCCc3nc(C(=O)O)cc4c5ccccc5n(Cc5ccccc5C)c34)c21. The molecule has 8 nitrogen and oxygen atoms in total. The van der Waals surface area contributed by atoms with Crippen molar-refractivity contribution in [3.63, 3.8) is 0 Å². The first-order chi connectivity index (χ1) is 25.8. The second kappa shape index (κ2) is 14.0. The van der Waals surface area contributed by atoms with Crippen LogP contribution in [0.1, 0.15) is 73.9 Å². The van der Waals surface area contributed by atoms with Crippen molar-refractivity contribution < 1.29 is 19.8 Å². The van der Waals surface area contributed by atoms with Gasteiger partial charge in [0.05, 0.1) is 22.4 Å². The fourth-order valence-electron chi connectivity index (χ4n) is 7.88. The van der Waals surface area contributed by atoms with Crippen LogP contribution in [0.15, 0.2) is 109 Å². The summed E-state index contributed by atoms with van der Waals surface area (Å²) in [4.78, 5) is 34.1. The smallest absolute Gasteiger partial charge is 0.354 e. The van der Waals surface area contributed by atoms with E-state index in [-0.39, 0.29) is 11.4 Å². The largest absolute Gasteiger partial charge is 0.477 e. The van der Waals surface area contributed by atoms with Gasteiger partial charge >= 0.3 is 11.9 Å². The molecule has 8 rings (SSSR count). The number of nitrogens with zero attached hydrogens (tertiary/aromatic N) is 4. The maximum absolute atomic E-state index is 12.3. The zero-order valence-electron chi connectivity index (χ0n) is 29.8. The predicted octanol–water partition coefficient (Wildman–Crippen LogP) is 9.76. The van der Waals surface area contributed by atoms with Crippen LogP contribution in [-0.2, 0) is 25.9 Å². The quantitative estimate of drug-likeness (QED) is 0.123. The number of aromatic carboxylic acids is 2. The molecule has 8 heteroatoms. The molecule has 0 aliphatic carbocycles. The minimum Gasteiger partial charge on any atom is -0.477 e. The molecule has 8 aromatic rings. The van der Waals surface area contributed by atoms with Gasteiger partial charge in [0.25, 0.3) is 0 Å². The lowest BCUT2D eigenvalue weighted by molar-refractivity contribution is 0.0680. The summed E-state index contributed by atoms with van der Waals surface area (Å²) in [5.41, 5.74) is 10.5. The first-order valence-corrected chi connectivity index (χ1v) is 18.2. The van der Waals surface area contributed by atoms with Gasteiger partial charge in [-0.2, -0.15) is 0 Å². The van der Waals surface area contributed by atoms with E-state index in [1.54, 1.807) is 12.1 Å². The standard InChI is InChI=1S/C45H40N4O4/c1-28-14-6-8-16-30(28)26-48-40-22-12-10-18-32(40)34-24-38(44(50)51)46-36(42(34)48)20-4-3-5-21-37-43-35(25-39(47-37)45(52)53)33-19-11-13-23-41(33)49(43)27-31-17-9-7-15-29(31)2/h6-19,22-25H,3-5,20-21,26-27H2,1-2H3,(H,50,51)(H,52,53). The fraction of sp³-hybridized carbons (Fsp3) is 0.200. The third-order valence-corrected chi connectivity index (χ3v) is 10.6. The first-order valence-electron chi connectivity index (χ1n) is 18.2. The number of aromatic nitrogens is 4. The van der Waals surface area contributed by atoms with E-state index >= 15 is 0 Å². The number of aryl methyl sites for hydroxylation is 4. The van der Waals surface area contributed by atoms with Crippen LogP contribution in [0.3, 0.4) is 0 Å². The van der Waals surface area contributed by atoms with Crippen molar-refractivity contribution in [2.45, 2.75) is 59.0 Å². The number of benzene rings is 4. The Hall–Kier alpha value is -6.28. The molecule has 4 heterocycles. The summed E-state index contributed by atoms with van der Waals surface area (Å²) in [7, 11) is 0. The van der Waals surface area contributed by atoms with E-state index in [9.17, 15) is 19.8 Å². The molecule has 0 fully saturated rings. The second-order valence-electron chi connectivity index (χ2n) is 13.9. The predicted molar refractivity (Wildman–Crippen MR) is 210 cm³/mol. The zero-order chi connectivity index (χ0) is 36.6. The van der Waals surface area contributed by atoms with Gasteiger partial charge in [-0.25, -0.2) is 19.6 Å². The number of pyridine rings is 2. The van der Waals surface area contributed by atoms with E-state index in [0.29, 0.717) is 25.9 Å². The number of carboxylic acids is 2. The van der Waals surface area contributed by atoms with Crippen molar-refractivity contribution >= 4 is 55.6 Å². The monoisotopic (exact) mass is 700 g/mol. The molecule has 53 heavy (non-hydrogen) atoms. The highest BCUT2D eigenvalue weighted by atomic mass is 16.4. The van der Waals surface area contributed by atoms with Crippen LogP contribution in [0.5, 0.6) is 0 Å². The molecule has 0 amide bonds. The summed E-state index contributed by atoms with van der Waals surface area (Å²) in [6.07, 6.45) is 3.60. The van der Waals surface area contributed by atoms with Gasteiger partial charge < -0.3 is 19.3 Å². The molecular weight excluding hydrogens is 661 g/mol. The van der Waals surface area contributed by atoms with E-state index < -0.39 is 11.9 Å². The fourth-order valence-corrected chi connectivity index (χ4v) is 7.88. The van der Waals surface area contributed by atoms with Gasteiger partial charge in [-0.05, 0) is 86.1 Å². The van der Waals surface area contributed by atoms with Gasteiger partial charge in [0.15, 0.2) is 0 Å². The molecule has 0 unspecified atom stereocenters. The van der Waals surface area contributed by atoms with Gasteiger partial charge in [-0.3, -0.25) is 0 Å². The maximum atomic E-state index is 12.3. The summed E-state index contributed by atoms with van der Waals surface area (Å²) in [5, 5.41) is 24.0. The molecule has 0 saturated carbocycles. The minimum atomic E-state index is -1.04. The van der Waals surface area contributed by atoms with Gasteiger partial charge in [-0.1, -0.05) is 91.3 Å². The van der Waals surface area contributed by atoms with Crippen LogP contribution >= 0.6 is 0 Å². The van der Waals surface area contributed by atoms with Crippen LogP contribution < -0.4 is 0 Å². The molecule has 4 aromatic heterocycles. The average molecular weight is 701 g/mol. The molecule has 4 aromatic carbocycles. The second-order valence-corrected chi connectivity index (χ2v) is 13.9. The van der Waals surface area contributed by atoms with E-state index in [4.69, 9.17) is 9.97 Å². The van der Waals surface area contributed by atoms with E-state index in [1.165, 1.54) is 22.3 Å². The van der Waals surface area contributed by atoms with Gasteiger partial charge in [0, 0.05) is 45.7 Å². The molecule has 0 saturated heterocycles. The van der Waals surface area contributed by atoms with Crippen molar-refractivity contribution in [1.82, 2.24) is 19.1 Å². The zero-order valence-corrected chi connectivity index (χ0v) is 29.8. The Balaban J connectivity index is 1.12.